The van der Waals surface area contributed by atoms with E-state index in [1.807, 2.05) is 19.1 Å². The number of nitrogens with one attached hydrogen (secondary N) is 1. The van der Waals surface area contributed by atoms with Crippen LogP contribution in [0.4, 0.5) is 35.2 Å². The van der Waals surface area contributed by atoms with Gasteiger partial charge in [-0.25, -0.2) is 9.78 Å². The summed E-state index contributed by atoms with van der Waals surface area (Å²) in [6.45, 7) is 4.32. The van der Waals surface area contributed by atoms with E-state index < -0.39 is 17.8 Å². The molecule has 1 saturated heterocycles. The summed E-state index contributed by atoms with van der Waals surface area (Å²) in [7, 11) is 1.53. The van der Waals surface area contributed by atoms with Crippen LogP contribution in [0, 0.1) is 11.3 Å². The van der Waals surface area contributed by atoms with Crippen LogP contribution in [0.25, 0.3) is 0 Å². The molecule has 0 radical (unpaired) electrons. The fourth-order valence-corrected chi connectivity index (χ4v) is 5.77. The van der Waals surface area contributed by atoms with Gasteiger partial charge in [0.05, 0.1) is 61.1 Å². The predicted octanol–water partition coefficient (Wildman–Crippen LogP) is 6.23. The van der Waals surface area contributed by atoms with Gasteiger partial charge in [0.2, 0.25) is 0 Å². The summed E-state index contributed by atoms with van der Waals surface area (Å²) in [5.74, 6) is 1.03. The summed E-state index contributed by atoms with van der Waals surface area (Å²) in [6.07, 6.45) is -2.83. The highest BCUT2D eigenvalue weighted by Gasteiger charge is 2.36. The van der Waals surface area contributed by atoms with Crippen molar-refractivity contribution >= 4 is 23.3 Å². The number of rotatable bonds is 7. The van der Waals surface area contributed by atoms with Gasteiger partial charge in [-0.3, -0.25) is 4.90 Å². The molecule has 0 unspecified atom stereocenters. The Morgan fingerprint density at radius 1 is 1.21 bits per heavy atom. The number of alkyl halides is 3. The number of ether oxygens (including phenoxy) is 2. The molecule has 2 aromatic carbocycles. The first-order chi connectivity index (χ1) is 20.6. The zero-order valence-electron chi connectivity index (χ0n) is 23.8. The summed E-state index contributed by atoms with van der Waals surface area (Å²) in [5.41, 5.74) is 2.06. The lowest BCUT2D eigenvalue weighted by Gasteiger charge is -2.39. The number of hydrogen-bond donors (Lipinski definition) is 2. The second-order valence-electron chi connectivity index (χ2n) is 10.6. The molecule has 5 rings (SSSR count). The fraction of sp³-hybridized carbons (Fsp3) is 0.387. The first kappa shape index (κ1) is 30.0. The van der Waals surface area contributed by atoms with Gasteiger partial charge >= 0.3 is 12.3 Å². The summed E-state index contributed by atoms with van der Waals surface area (Å²) in [6, 6.07) is 11.7. The Hall–Kier alpha value is -4.50. The van der Waals surface area contributed by atoms with Crippen molar-refractivity contribution in [1.29, 1.82) is 5.26 Å². The van der Waals surface area contributed by atoms with E-state index in [1.165, 1.54) is 18.1 Å². The van der Waals surface area contributed by atoms with Gasteiger partial charge in [-0.1, -0.05) is 6.92 Å². The number of nitrogens with zero attached hydrogens (tertiary/aromatic N) is 4. The molecule has 1 aromatic heterocycles. The fourth-order valence-electron chi connectivity index (χ4n) is 5.77. The smallest absolute Gasteiger partial charge is 0.416 e. The largest absolute Gasteiger partial charge is 0.497 e. The van der Waals surface area contributed by atoms with E-state index in [9.17, 15) is 28.3 Å². The first-order valence-corrected chi connectivity index (χ1v) is 14.0. The highest BCUT2D eigenvalue weighted by molar-refractivity contribution is 5.89. The van der Waals surface area contributed by atoms with Crippen LogP contribution in [0.2, 0.25) is 0 Å². The third kappa shape index (κ3) is 6.46. The maximum atomic E-state index is 13.7. The minimum absolute atomic E-state index is 0.0792. The van der Waals surface area contributed by atoms with Crippen LogP contribution in [-0.4, -0.2) is 55.6 Å². The van der Waals surface area contributed by atoms with Crippen molar-refractivity contribution < 1.29 is 32.5 Å². The Morgan fingerprint density at radius 2 is 1.98 bits per heavy atom. The third-order valence-corrected chi connectivity index (χ3v) is 7.90. The van der Waals surface area contributed by atoms with Crippen LogP contribution in [0.1, 0.15) is 53.6 Å². The standard InChI is InChI=1S/C31H32F3N5O4/c1-3-23-15-27(26-16-25(42-2)4-5-28(26)39(23)30(40)41)37-29-21(14-24(18-36-29)38-6-8-43-9-7-38)11-19-10-20(17-35)13-22(12-19)31(32,33)34/h4-5,10,12-14,16,18,23,27H,3,6-9,11,15H2,1-2H3,(H,36,37)(H,40,41)/t23-,27+/m1/s1. The van der Waals surface area contributed by atoms with Gasteiger partial charge in [0.15, 0.2) is 0 Å². The van der Waals surface area contributed by atoms with Crippen LogP contribution in [0.5, 0.6) is 5.75 Å². The van der Waals surface area contributed by atoms with E-state index in [0.717, 1.165) is 17.8 Å². The number of fused-ring (bicyclic) bond motifs is 1. The average molecular weight is 596 g/mol. The van der Waals surface area contributed by atoms with Crippen LogP contribution >= 0.6 is 0 Å². The average Bonchev–Trinajstić information content (AvgIpc) is 3.00. The van der Waals surface area contributed by atoms with Gasteiger partial charge in [-0.2, -0.15) is 18.4 Å². The number of carbonyl (C=O) groups is 1. The molecular weight excluding hydrogens is 563 g/mol. The number of aromatic nitrogens is 1. The van der Waals surface area contributed by atoms with Crippen LogP contribution in [0.3, 0.4) is 0 Å². The second kappa shape index (κ2) is 12.4. The Bertz CT molecular complexity index is 1530. The second-order valence-corrected chi connectivity index (χ2v) is 10.6. The van der Waals surface area contributed by atoms with Crippen LogP contribution in [-0.2, 0) is 17.3 Å². The van der Waals surface area contributed by atoms with Gasteiger partial charge in [-0.05, 0) is 60.9 Å². The molecule has 0 aliphatic carbocycles. The van der Waals surface area contributed by atoms with E-state index in [1.54, 1.807) is 24.4 Å². The number of nitriles is 1. The molecule has 2 atom stereocenters. The van der Waals surface area contributed by atoms with E-state index in [-0.39, 0.29) is 24.1 Å². The van der Waals surface area contributed by atoms with Gasteiger partial charge in [0.1, 0.15) is 11.6 Å². The Kier molecular flexibility index (Phi) is 8.64. The number of amides is 1. The number of carboxylic acid groups (broad SMARTS) is 1. The molecule has 3 heterocycles. The zero-order chi connectivity index (χ0) is 30.7. The van der Waals surface area contributed by atoms with E-state index >= 15 is 0 Å². The first-order valence-electron chi connectivity index (χ1n) is 14.0. The number of morpholine rings is 1. The lowest BCUT2D eigenvalue weighted by atomic mass is 9.89. The maximum absolute atomic E-state index is 13.7. The molecule has 2 N–H and O–H groups in total. The number of methoxy groups -OCH3 is 1. The van der Waals surface area contributed by atoms with Gasteiger partial charge < -0.3 is 24.8 Å². The number of anilines is 3. The molecule has 226 valence electrons. The minimum atomic E-state index is -4.60. The number of hydrogen-bond acceptors (Lipinski definition) is 7. The van der Waals surface area contributed by atoms with E-state index in [0.29, 0.717) is 73.1 Å². The molecule has 0 bridgehead atoms. The van der Waals surface area contributed by atoms with Crippen molar-refractivity contribution in [2.75, 3.05) is 48.5 Å². The molecule has 1 amide bonds. The van der Waals surface area contributed by atoms with Crippen molar-refractivity contribution in [1.82, 2.24) is 4.98 Å². The highest BCUT2D eigenvalue weighted by Crippen LogP contribution is 2.42. The quantitative estimate of drug-likeness (QED) is 0.331. The topological polar surface area (TPSA) is 111 Å². The predicted molar refractivity (Wildman–Crippen MR) is 155 cm³/mol. The zero-order valence-corrected chi connectivity index (χ0v) is 23.8. The van der Waals surface area contributed by atoms with Crippen molar-refractivity contribution in [3.8, 4) is 11.8 Å². The molecule has 0 saturated carbocycles. The van der Waals surface area contributed by atoms with Gasteiger partial charge in [0, 0.05) is 36.7 Å². The summed E-state index contributed by atoms with van der Waals surface area (Å²) in [4.78, 5) is 20.5. The molecule has 1 fully saturated rings. The Morgan fingerprint density at radius 3 is 2.63 bits per heavy atom. The summed E-state index contributed by atoms with van der Waals surface area (Å²) >= 11 is 0. The Balaban J connectivity index is 1.57. The van der Waals surface area contributed by atoms with Crippen molar-refractivity contribution in [3.05, 3.63) is 76.5 Å². The lowest BCUT2D eigenvalue weighted by Crippen LogP contribution is -2.45. The number of pyridine rings is 1. The van der Waals surface area contributed by atoms with Crippen molar-refractivity contribution in [2.24, 2.45) is 0 Å². The Labute approximate surface area is 247 Å². The van der Waals surface area contributed by atoms with Crippen molar-refractivity contribution in [3.63, 3.8) is 0 Å². The van der Waals surface area contributed by atoms with Crippen molar-refractivity contribution in [2.45, 2.75) is 44.4 Å². The summed E-state index contributed by atoms with van der Waals surface area (Å²) < 4.78 is 51.9. The SMILES string of the molecule is CC[C@@H]1C[C@H](Nc2ncc(N3CCOCC3)cc2Cc2cc(C#N)cc(C(F)(F)F)c2)c2cc(OC)ccc2N1C(=O)O. The van der Waals surface area contributed by atoms with Gasteiger partial charge in [-0.15, -0.1) is 0 Å². The number of halogens is 3. The monoisotopic (exact) mass is 595 g/mol. The minimum Gasteiger partial charge on any atom is -0.497 e. The van der Waals surface area contributed by atoms with Crippen LogP contribution < -0.4 is 19.9 Å². The molecule has 43 heavy (non-hydrogen) atoms. The number of benzene rings is 2. The lowest BCUT2D eigenvalue weighted by molar-refractivity contribution is -0.137. The normalized spacial score (nSPS) is 18.5. The molecule has 9 nitrogen and oxygen atoms in total. The highest BCUT2D eigenvalue weighted by atomic mass is 19.4. The molecule has 2 aliphatic heterocycles. The van der Waals surface area contributed by atoms with E-state index in [4.69, 9.17) is 14.5 Å². The molecule has 3 aromatic rings. The molecule has 0 spiro atoms. The van der Waals surface area contributed by atoms with Gasteiger partial charge in [0.25, 0.3) is 0 Å². The molecular formula is C31H32F3N5O4. The third-order valence-electron chi connectivity index (χ3n) is 7.90. The summed E-state index contributed by atoms with van der Waals surface area (Å²) in [5, 5.41) is 22.9. The molecule has 12 heteroatoms. The molecule has 2 aliphatic rings. The van der Waals surface area contributed by atoms with E-state index in [2.05, 4.69) is 10.2 Å². The maximum Gasteiger partial charge on any atom is 0.416 e. The van der Waals surface area contributed by atoms with Crippen LogP contribution in [0.15, 0.2) is 48.7 Å².